The molecule has 0 atom stereocenters. The summed E-state index contributed by atoms with van der Waals surface area (Å²) in [6, 6.07) is 0. The molecule has 3 N–H and O–H groups in total. The fourth-order valence-electron chi connectivity index (χ4n) is 0.177. The van der Waals surface area contributed by atoms with E-state index in [1.54, 1.807) is 0 Å². The Hall–Kier alpha value is 0.790. The molecule has 8 heteroatoms. The summed E-state index contributed by atoms with van der Waals surface area (Å²) in [4.78, 5) is 0. The maximum atomic E-state index is 9.65. The predicted octanol–water partition coefficient (Wildman–Crippen LogP) is -5.65. The second-order valence-electron chi connectivity index (χ2n) is 1.28. The number of hydrogen-bond donors (Lipinski definition) is 3. The molecule has 0 heterocycles. The quantitative estimate of drug-likeness (QED) is 0.227. The van der Waals surface area contributed by atoms with E-state index in [9.17, 15) is 13.0 Å². The smallest absolute Gasteiger partial charge is 0.735 e. The minimum Gasteiger partial charge on any atom is -0.735 e. The van der Waals surface area contributed by atoms with Crippen LogP contribution in [-0.4, -0.2) is 36.0 Å². The van der Waals surface area contributed by atoms with Crippen molar-refractivity contribution in [3.63, 3.8) is 0 Å². The largest absolute Gasteiger partial charge is 1.00 e. The van der Waals surface area contributed by atoms with Crippen LogP contribution in [-0.2, 0) is 10.3 Å². The van der Waals surface area contributed by atoms with E-state index in [2.05, 4.69) is 0 Å². The van der Waals surface area contributed by atoms with Crippen molar-refractivity contribution >= 4 is 10.3 Å². The third kappa shape index (κ3) is 11.6. The van der Waals surface area contributed by atoms with E-state index >= 15 is 0 Å². The molecule has 56 valence electrons. The molecule has 0 amide bonds. The molecule has 0 aromatic carbocycles. The first-order valence-electron chi connectivity index (χ1n) is 1.98. The molecule has 0 spiro atoms. The summed E-state index contributed by atoms with van der Waals surface area (Å²) in [7, 11) is -4.54. The van der Waals surface area contributed by atoms with Gasteiger partial charge in [-0.05, 0) is 0 Å². The zero-order chi connectivity index (χ0) is 7.49. The molecule has 0 radical (unpaired) electrons. The molecule has 0 fully saturated rings. The Labute approximate surface area is 80.4 Å². The fourth-order valence-corrected chi connectivity index (χ4v) is 0.530. The van der Waals surface area contributed by atoms with Crippen molar-refractivity contribution in [3.05, 3.63) is 0 Å². The molecular formula is C2H6NNaO5S. The fraction of sp³-hybridized carbons (Fsp3) is 1.00. The van der Waals surface area contributed by atoms with Gasteiger partial charge in [-0.2, -0.15) is 0 Å². The Morgan fingerprint density at radius 3 is 2.00 bits per heavy atom. The van der Waals surface area contributed by atoms with Crippen molar-refractivity contribution in [1.82, 2.24) is 4.72 Å². The van der Waals surface area contributed by atoms with E-state index in [1.807, 2.05) is 0 Å². The molecular weight excluding hydrogens is 173 g/mol. The standard InChI is InChI=1S/C2H7NO5S.Na/c4-2(5)1-3-9(6,7)8;/h2-5H,1H2,(H,6,7,8);/q;+1/p-1. The molecule has 0 aromatic rings. The van der Waals surface area contributed by atoms with Gasteiger partial charge in [0.15, 0.2) is 16.6 Å². The maximum Gasteiger partial charge on any atom is 1.00 e. The van der Waals surface area contributed by atoms with Crippen molar-refractivity contribution in [2.24, 2.45) is 0 Å². The monoisotopic (exact) mass is 179 g/mol. The second-order valence-corrected chi connectivity index (χ2v) is 2.48. The van der Waals surface area contributed by atoms with Crippen LogP contribution in [0.1, 0.15) is 0 Å². The Morgan fingerprint density at radius 1 is 1.50 bits per heavy atom. The van der Waals surface area contributed by atoms with Gasteiger partial charge < -0.3 is 14.8 Å². The molecule has 0 aliphatic heterocycles. The summed E-state index contributed by atoms with van der Waals surface area (Å²) < 4.78 is 30.3. The van der Waals surface area contributed by atoms with Crippen LogP contribution in [0.5, 0.6) is 0 Å². The van der Waals surface area contributed by atoms with Gasteiger partial charge in [0.2, 0.25) is 0 Å². The van der Waals surface area contributed by atoms with E-state index in [1.165, 1.54) is 4.72 Å². The minimum atomic E-state index is -4.54. The molecule has 0 unspecified atom stereocenters. The van der Waals surface area contributed by atoms with Crippen LogP contribution < -0.4 is 34.3 Å². The normalized spacial score (nSPS) is 11.2. The van der Waals surface area contributed by atoms with Gasteiger partial charge in [0.25, 0.3) is 0 Å². The van der Waals surface area contributed by atoms with Crippen LogP contribution in [0.25, 0.3) is 0 Å². The van der Waals surface area contributed by atoms with Gasteiger partial charge in [0.05, 0.1) is 6.54 Å². The maximum absolute atomic E-state index is 9.65. The van der Waals surface area contributed by atoms with E-state index in [4.69, 9.17) is 10.2 Å². The van der Waals surface area contributed by atoms with Crippen molar-refractivity contribution in [2.75, 3.05) is 6.54 Å². The van der Waals surface area contributed by atoms with Gasteiger partial charge in [-0.1, -0.05) is 0 Å². The van der Waals surface area contributed by atoms with Crippen LogP contribution in [0.15, 0.2) is 0 Å². The molecule has 0 bridgehead atoms. The van der Waals surface area contributed by atoms with Gasteiger partial charge in [-0.3, -0.25) is 0 Å². The van der Waals surface area contributed by atoms with E-state index < -0.39 is 23.1 Å². The van der Waals surface area contributed by atoms with Crippen LogP contribution in [0.4, 0.5) is 0 Å². The van der Waals surface area contributed by atoms with Crippen molar-refractivity contribution in [2.45, 2.75) is 6.29 Å². The van der Waals surface area contributed by atoms with E-state index in [0.29, 0.717) is 0 Å². The van der Waals surface area contributed by atoms with Gasteiger partial charge in [-0.15, -0.1) is 0 Å². The summed E-state index contributed by atoms with van der Waals surface area (Å²) in [6.07, 6.45) is -1.83. The number of hydrogen-bond acceptors (Lipinski definition) is 5. The average Bonchev–Trinajstić information content (AvgIpc) is 1.59. The SMILES string of the molecule is O=S(=O)([O-])NCC(O)O.[Na+]. The zero-order valence-electron chi connectivity index (χ0n) is 5.31. The van der Waals surface area contributed by atoms with Gasteiger partial charge in [-0.25, -0.2) is 13.1 Å². The summed E-state index contributed by atoms with van der Waals surface area (Å²) in [5.41, 5.74) is 0. The van der Waals surface area contributed by atoms with Crippen molar-refractivity contribution in [1.29, 1.82) is 0 Å². The number of nitrogens with one attached hydrogen (secondary N) is 1. The molecule has 0 aromatic heterocycles. The number of rotatable bonds is 3. The van der Waals surface area contributed by atoms with Crippen LogP contribution in [0.3, 0.4) is 0 Å². The topological polar surface area (TPSA) is 110 Å². The summed E-state index contributed by atoms with van der Waals surface area (Å²) in [5.74, 6) is 0. The van der Waals surface area contributed by atoms with Crippen molar-refractivity contribution < 1.29 is 52.7 Å². The number of aliphatic hydroxyl groups is 2. The predicted molar refractivity (Wildman–Crippen MR) is 25.9 cm³/mol. The van der Waals surface area contributed by atoms with Gasteiger partial charge >= 0.3 is 29.6 Å². The summed E-state index contributed by atoms with van der Waals surface area (Å²) in [6.45, 7) is -0.675. The molecule has 0 saturated carbocycles. The second kappa shape index (κ2) is 5.44. The molecule has 0 rings (SSSR count). The Balaban J connectivity index is 0. The number of aliphatic hydroxyl groups excluding tert-OH is 1. The summed E-state index contributed by atoms with van der Waals surface area (Å²) >= 11 is 0. The Kier molecular flexibility index (Phi) is 7.28. The van der Waals surface area contributed by atoms with Crippen LogP contribution in [0, 0.1) is 0 Å². The molecule has 10 heavy (non-hydrogen) atoms. The molecule has 0 aliphatic carbocycles. The first kappa shape index (κ1) is 13.4. The van der Waals surface area contributed by atoms with E-state index in [-0.39, 0.29) is 29.6 Å². The first-order valence-corrected chi connectivity index (χ1v) is 3.39. The molecule has 0 aliphatic rings. The Morgan fingerprint density at radius 2 is 1.90 bits per heavy atom. The van der Waals surface area contributed by atoms with Gasteiger partial charge in [0, 0.05) is 0 Å². The Bertz CT molecular complexity index is 164. The van der Waals surface area contributed by atoms with Crippen molar-refractivity contribution in [3.8, 4) is 0 Å². The van der Waals surface area contributed by atoms with E-state index in [0.717, 1.165) is 0 Å². The first-order chi connectivity index (χ1) is 3.92. The average molecular weight is 179 g/mol. The molecule has 0 saturated heterocycles. The van der Waals surface area contributed by atoms with Gasteiger partial charge in [0.1, 0.15) is 0 Å². The minimum absolute atomic E-state index is 0. The van der Waals surface area contributed by atoms with Crippen LogP contribution >= 0.6 is 0 Å². The zero-order valence-corrected chi connectivity index (χ0v) is 8.13. The third-order valence-corrected chi connectivity index (χ3v) is 0.963. The summed E-state index contributed by atoms with van der Waals surface area (Å²) in [5, 5.41) is 16.0. The molecule has 6 nitrogen and oxygen atoms in total. The van der Waals surface area contributed by atoms with Crippen LogP contribution in [0.2, 0.25) is 0 Å². The third-order valence-electron chi connectivity index (χ3n) is 0.443.